The van der Waals surface area contributed by atoms with Crippen molar-refractivity contribution in [1.29, 1.82) is 0 Å². The highest BCUT2D eigenvalue weighted by molar-refractivity contribution is 6.30. The minimum absolute atomic E-state index is 0.0155. The first-order valence-corrected chi connectivity index (χ1v) is 7.94. The van der Waals surface area contributed by atoms with Crippen LogP contribution in [-0.4, -0.2) is 44.5 Å². The average molecular weight is 376 g/mol. The number of hydrogen-bond acceptors (Lipinski definition) is 7. The molecule has 0 aliphatic carbocycles. The molecule has 140 valence electrons. The highest BCUT2D eigenvalue weighted by Crippen LogP contribution is 2.30. The number of alkyl carbamates (subject to hydrolysis) is 1. The Morgan fingerprint density at radius 1 is 1.48 bits per heavy atom. The van der Waals surface area contributed by atoms with E-state index >= 15 is 0 Å². The molecule has 0 bridgehead atoms. The molecule has 1 aromatic heterocycles. The van der Waals surface area contributed by atoms with Crippen molar-refractivity contribution in [3.05, 3.63) is 32.6 Å². The summed E-state index contributed by atoms with van der Waals surface area (Å²) in [6, 6.07) is 1.08. The van der Waals surface area contributed by atoms with Crippen LogP contribution in [0, 0.1) is 17.0 Å². The molecule has 1 aromatic rings. The first-order chi connectivity index (χ1) is 11.4. The second-order valence-corrected chi connectivity index (χ2v) is 6.82. The highest BCUT2D eigenvalue weighted by atomic mass is 35.5. The van der Waals surface area contributed by atoms with Crippen molar-refractivity contribution in [1.82, 2.24) is 10.3 Å². The van der Waals surface area contributed by atoms with Crippen LogP contribution < -0.4 is 5.32 Å². The maximum absolute atomic E-state index is 11.5. The van der Waals surface area contributed by atoms with Gasteiger partial charge in [-0.05, 0) is 34.1 Å². The molecule has 0 aliphatic rings. The van der Waals surface area contributed by atoms with Gasteiger partial charge in [-0.15, -0.1) is 0 Å². The molecule has 1 heterocycles. The summed E-state index contributed by atoms with van der Waals surface area (Å²) in [5.41, 5.74) is -0.907. The van der Waals surface area contributed by atoms with Gasteiger partial charge >= 0.3 is 6.09 Å². The number of carbonyl (C=O) groups excluding carboxylic acids is 1. The van der Waals surface area contributed by atoms with E-state index in [1.807, 2.05) is 0 Å². The molecule has 1 amide bonds. The predicted molar refractivity (Wildman–Crippen MR) is 90.5 cm³/mol. The number of aromatic nitrogens is 1. The van der Waals surface area contributed by atoms with Crippen LogP contribution in [-0.2, 0) is 4.74 Å². The van der Waals surface area contributed by atoms with E-state index in [-0.39, 0.29) is 35.1 Å². The fraction of sp³-hybridized carbons (Fsp3) is 0.600. The SMILES string of the molecule is Cc1nc(Cl)c(C(O)C(O)CCNC(=O)OC(C)(C)C)cc1[N+](=O)[O-]. The van der Waals surface area contributed by atoms with Crippen LogP contribution in [0.2, 0.25) is 5.15 Å². The summed E-state index contributed by atoms with van der Waals surface area (Å²) >= 11 is 5.91. The van der Waals surface area contributed by atoms with Gasteiger partial charge in [-0.25, -0.2) is 9.78 Å². The number of aliphatic hydroxyl groups is 2. The van der Waals surface area contributed by atoms with Gasteiger partial charge in [0, 0.05) is 18.2 Å². The number of halogens is 1. The summed E-state index contributed by atoms with van der Waals surface area (Å²) in [4.78, 5) is 25.6. The van der Waals surface area contributed by atoms with Crippen LogP contribution in [0.5, 0.6) is 0 Å². The minimum atomic E-state index is -1.49. The van der Waals surface area contributed by atoms with E-state index in [0.29, 0.717) is 0 Å². The van der Waals surface area contributed by atoms with E-state index in [2.05, 4.69) is 10.3 Å². The quantitative estimate of drug-likeness (QED) is 0.394. The molecule has 0 aliphatic heterocycles. The number of aryl methyl sites for hydroxylation is 1. The van der Waals surface area contributed by atoms with Gasteiger partial charge in [-0.1, -0.05) is 11.6 Å². The molecule has 9 nitrogen and oxygen atoms in total. The third kappa shape index (κ3) is 6.45. The van der Waals surface area contributed by atoms with Gasteiger partial charge < -0.3 is 20.3 Å². The van der Waals surface area contributed by atoms with Crippen molar-refractivity contribution in [3.8, 4) is 0 Å². The number of rotatable bonds is 6. The van der Waals surface area contributed by atoms with E-state index in [1.54, 1.807) is 20.8 Å². The molecule has 0 saturated carbocycles. The summed E-state index contributed by atoms with van der Waals surface area (Å²) < 4.78 is 5.04. The Labute approximate surface area is 150 Å². The van der Waals surface area contributed by atoms with Crippen LogP contribution in [0.25, 0.3) is 0 Å². The van der Waals surface area contributed by atoms with Crippen LogP contribution >= 0.6 is 11.6 Å². The summed E-state index contributed by atoms with van der Waals surface area (Å²) in [5.74, 6) is 0. The monoisotopic (exact) mass is 375 g/mol. The van der Waals surface area contributed by atoms with Crippen LogP contribution in [0.1, 0.15) is 44.6 Å². The topological polar surface area (TPSA) is 135 Å². The maximum Gasteiger partial charge on any atom is 0.407 e. The third-order valence-corrected chi connectivity index (χ3v) is 3.46. The first kappa shape index (κ1) is 21.1. The van der Waals surface area contributed by atoms with Gasteiger partial charge in [0.2, 0.25) is 0 Å². The lowest BCUT2D eigenvalue weighted by Gasteiger charge is -2.21. The molecular weight excluding hydrogens is 354 g/mol. The largest absolute Gasteiger partial charge is 0.444 e. The molecule has 2 atom stereocenters. The van der Waals surface area contributed by atoms with Gasteiger partial charge in [0.15, 0.2) is 0 Å². The third-order valence-electron chi connectivity index (χ3n) is 3.16. The van der Waals surface area contributed by atoms with Crippen LogP contribution in [0.3, 0.4) is 0 Å². The van der Waals surface area contributed by atoms with E-state index in [4.69, 9.17) is 16.3 Å². The normalized spacial score (nSPS) is 13.9. The summed E-state index contributed by atoms with van der Waals surface area (Å²) in [6.07, 6.45) is -3.46. The Morgan fingerprint density at radius 2 is 2.08 bits per heavy atom. The van der Waals surface area contributed by atoms with E-state index in [0.717, 1.165) is 6.07 Å². The van der Waals surface area contributed by atoms with Crippen LogP contribution in [0.15, 0.2) is 6.07 Å². The van der Waals surface area contributed by atoms with Crippen molar-refractivity contribution >= 4 is 23.4 Å². The Balaban J connectivity index is 2.71. The molecule has 3 N–H and O–H groups in total. The second kappa shape index (κ2) is 8.41. The van der Waals surface area contributed by atoms with Gasteiger partial charge in [0.25, 0.3) is 5.69 Å². The Hall–Kier alpha value is -1.97. The van der Waals surface area contributed by atoms with Crippen molar-refractivity contribution in [2.75, 3.05) is 6.54 Å². The number of nitrogens with zero attached hydrogens (tertiary/aromatic N) is 2. The van der Waals surface area contributed by atoms with E-state index < -0.39 is 28.8 Å². The van der Waals surface area contributed by atoms with Crippen molar-refractivity contribution < 1.29 is 24.7 Å². The zero-order valence-electron chi connectivity index (χ0n) is 14.4. The number of ether oxygens (including phenoxy) is 1. The number of hydrogen-bond donors (Lipinski definition) is 3. The lowest BCUT2D eigenvalue weighted by atomic mass is 10.0. The first-order valence-electron chi connectivity index (χ1n) is 7.56. The molecule has 0 fully saturated rings. The van der Waals surface area contributed by atoms with E-state index in [9.17, 15) is 25.1 Å². The lowest BCUT2D eigenvalue weighted by Crippen LogP contribution is -2.34. The Morgan fingerprint density at radius 3 is 2.60 bits per heavy atom. The second-order valence-electron chi connectivity index (χ2n) is 6.46. The Bertz CT molecular complexity index is 647. The van der Waals surface area contributed by atoms with Crippen molar-refractivity contribution in [2.24, 2.45) is 0 Å². The van der Waals surface area contributed by atoms with Gasteiger partial charge in [0.1, 0.15) is 22.6 Å². The fourth-order valence-electron chi connectivity index (χ4n) is 1.97. The number of nitro groups is 1. The zero-order valence-corrected chi connectivity index (χ0v) is 15.2. The number of pyridine rings is 1. The average Bonchev–Trinajstić information content (AvgIpc) is 2.44. The standard InChI is InChI=1S/C15H22ClN3O6/c1-8-10(19(23)24)7-9(13(16)18-8)12(21)11(20)5-6-17-14(22)25-15(2,3)4/h7,11-12,20-21H,5-6H2,1-4H3,(H,17,22). The van der Waals surface area contributed by atoms with Gasteiger partial charge in [0.05, 0.1) is 11.0 Å². The molecule has 0 radical (unpaired) electrons. The number of carbonyl (C=O) groups is 1. The lowest BCUT2D eigenvalue weighted by molar-refractivity contribution is -0.385. The molecule has 0 saturated heterocycles. The van der Waals surface area contributed by atoms with Crippen molar-refractivity contribution in [2.45, 2.75) is 51.9 Å². The smallest absolute Gasteiger partial charge is 0.407 e. The van der Waals surface area contributed by atoms with Crippen LogP contribution in [0.4, 0.5) is 10.5 Å². The van der Waals surface area contributed by atoms with Gasteiger partial charge in [-0.2, -0.15) is 0 Å². The summed E-state index contributed by atoms with van der Waals surface area (Å²) in [7, 11) is 0. The molecule has 0 aromatic carbocycles. The number of nitrogens with one attached hydrogen (secondary N) is 1. The molecule has 1 rings (SSSR count). The fourth-order valence-corrected chi connectivity index (χ4v) is 2.27. The predicted octanol–water partition coefficient (Wildman–Crippen LogP) is 2.26. The Kier molecular flexibility index (Phi) is 7.09. The van der Waals surface area contributed by atoms with Gasteiger partial charge in [-0.3, -0.25) is 10.1 Å². The number of aliphatic hydroxyl groups excluding tert-OH is 2. The molecular formula is C15H22ClN3O6. The highest BCUT2D eigenvalue weighted by Gasteiger charge is 2.26. The summed E-state index contributed by atoms with van der Waals surface area (Å²) in [6.45, 7) is 6.59. The zero-order chi connectivity index (χ0) is 19.4. The molecule has 0 spiro atoms. The number of amides is 1. The van der Waals surface area contributed by atoms with E-state index in [1.165, 1.54) is 6.92 Å². The maximum atomic E-state index is 11.5. The molecule has 10 heteroatoms. The molecule has 2 unspecified atom stereocenters. The molecule has 25 heavy (non-hydrogen) atoms. The van der Waals surface area contributed by atoms with Crippen molar-refractivity contribution in [3.63, 3.8) is 0 Å². The minimum Gasteiger partial charge on any atom is -0.444 e. The summed E-state index contributed by atoms with van der Waals surface area (Å²) in [5, 5.41) is 33.5.